The van der Waals surface area contributed by atoms with Crippen LogP contribution in [0.5, 0.6) is 0 Å². The van der Waals surface area contributed by atoms with Crippen molar-refractivity contribution in [3.63, 3.8) is 0 Å². The fourth-order valence-corrected chi connectivity index (χ4v) is 2.43. The number of hydrogen-bond donors (Lipinski definition) is 1. The summed E-state index contributed by atoms with van der Waals surface area (Å²) in [5.41, 5.74) is 0. The summed E-state index contributed by atoms with van der Waals surface area (Å²) in [6.45, 7) is 6.33. The predicted molar refractivity (Wildman–Crippen MR) is 71.3 cm³/mol. The largest absolute Gasteiger partial charge is 0.469 e. The molecule has 4 nitrogen and oxygen atoms in total. The van der Waals surface area contributed by atoms with E-state index in [1.54, 1.807) is 27.7 Å². The molecule has 8 heteroatoms. The van der Waals surface area contributed by atoms with Crippen LogP contribution in [0.15, 0.2) is 0 Å². The van der Waals surface area contributed by atoms with Gasteiger partial charge in [0.05, 0.1) is 28.8 Å². The number of alkyl halides is 3. The molecule has 0 bridgehead atoms. The van der Waals surface area contributed by atoms with Crippen LogP contribution < -0.4 is 4.72 Å². The summed E-state index contributed by atoms with van der Waals surface area (Å²) in [4.78, 5) is 11.6. The molecule has 0 aliphatic rings. The first-order valence-electron chi connectivity index (χ1n) is 6.27. The highest BCUT2D eigenvalue weighted by Crippen LogP contribution is 2.30. The smallest absolute Gasteiger partial charge is 0.405 e. The molecular weight excluding hydrogens is 295 g/mol. The van der Waals surface area contributed by atoms with Crippen molar-refractivity contribution in [2.75, 3.05) is 7.11 Å². The van der Waals surface area contributed by atoms with E-state index in [0.29, 0.717) is 6.42 Å². The number of ether oxygens (including phenoxy) is 1. The first-order valence-corrected chi connectivity index (χ1v) is 7.42. The Bertz CT molecular complexity index is 353. The molecule has 0 fully saturated rings. The lowest BCUT2D eigenvalue weighted by Gasteiger charge is -2.30. The lowest BCUT2D eigenvalue weighted by atomic mass is 9.95. The van der Waals surface area contributed by atoms with Gasteiger partial charge in [-0.2, -0.15) is 13.2 Å². The maximum absolute atomic E-state index is 13.1. The third kappa shape index (κ3) is 5.78. The number of rotatable bonds is 6. The molecular formula is C12H22F3NO3S. The second-order valence-corrected chi connectivity index (χ2v) is 7.43. The van der Waals surface area contributed by atoms with Crippen LogP contribution in [0.3, 0.4) is 0 Å². The van der Waals surface area contributed by atoms with E-state index in [2.05, 4.69) is 4.74 Å². The molecule has 0 unspecified atom stereocenters. The molecule has 0 aromatic carbocycles. The molecule has 20 heavy (non-hydrogen) atoms. The quantitative estimate of drug-likeness (QED) is 0.766. The van der Waals surface area contributed by atoms with Gasteiger partial charge in [0.2, 0.25) is 0 Å². The average molecular weight is 317 g/mol. The topological polar surface area (TPSA) is 55.4 Å². The van der Waals surface area contributed by atoms with Crippen LogP contribution >= 0.6 is 0 Å². The minimum absolute atomic E-state index is 0.00515. The Hall–Kier alpha value is -0.630. The fourth-order valence-electron chi connectivity index (χ4n) is 1.55. The SMILES string of the molecule is CCC[C@@H](C(=O)OC)[C@@H](N[S@](=O)C(C)(C)C)C(F)(F)F. The molecule has 120 valence electrons. The second-order valence-electron chi connectivity index (χ2n) is 5.44. The van der Waals surface area contributed by atoms with E-state index in [1.165, 1.54) is 0 Å². The van der Waals surface area contributed by atoms with Gasteiger partial charge in [-0.3, -0.25) is 4.79 Å². The Labute approximate surface area is 120 Å². The highest BCUT2D eigenvalue weighted by atomic mass is 32.2. The van der Waals surface area contributed by atoms with Crippen LogP contribution in [-0.4, -0.2) is 34.3 Å². The van der Waals surface area contributed by atoms with E-state index in [9.17, 15) is 22.2 Å². The Kier molecular flexibility index (Phi) is 7.17. The highest BCUT2D eigenvalue weighted by Gasteiger charge is 2.49. The van der Waals surface area contributed by atoms with Gasteiger partial charge in [0.1, 0.15) is 6.04 Å². The van der Waals surface area contributed by atoms with Crippen LogP contribution in [0.4, 0.5) is 13.2 Å². The number of carbonyl (C=O) groups is 1. The van der Waals surface area contributed by atoms with Crippen molar-refractivity contribution < 1.29 is 26.9 Å². The normalized spacial score (nSPS) is 17.4. The van der Waals surface area contributed by atoms with E-state index in [1.807, 2.05) is 4.72 Å². The van der Waals surface area contributed by atoms with E-state index in [-0.39, 0.29) is 6.42 Å². The van der Waals surface area contributed by atoms with Crippen molar-refractivity contribution in [1.82, 2.24) is 4.72 Å². The van der Waals surface area contributed by atoms with E-state index in [0.717, 1.165) is 7.11 Å². The monoisotopic (exact) mass is 317 g/mol. The number of carbonyl (C=O) groups excluding carboxylic acids is 1. The average Bonchev–Trinajstić information content (AvgIpc) is 2.29. The van der Waals surface area contributed by atoms with Gasteiger partial charge < -0.3 is 4.74 Å². The number of esters is 1. The van der Waals surface area contributed by atoms with Gasteiger partial charge in [-0.1, -0.05) is 13.3 Å². The summed E-state index contributed by atoms with van der Waals surface area (Å²) in [5.74, 6) is -2.36. The maximum atomic E-state index is 13.1. The molecule has 0 saturated carbocycles. The standard InChI is InChI=1S/C12H22F3NO3S/c1-6-7-8(10(17)19-5)9(12(13,14)15)16-20(18)11(2,3)4/h8-9,16H,6-7H2,1-5H3/t8-,9-,20-/m1/s1. The van der Waals surface area contributed by atoms with Crippen molar-refractivity contribution >= 4 is 17.0 Å². The third-order valence-corrected chi connectivity index (χ3v) is 4.23. The molecule has 0 saturated heterocycles. The fraction of sp³-hybridized carbons (Fsp3) is 0.917. The molecule has 0 aliphatic carbocycles. The predicted octanol–water partition coefficient (Wildman–Crippen LogP) is 2.56. The maximum Gasteiger partial charge on any atom is 0.405 e. The van der Waals surface area contributed by atoms with Gasteiger partial charge in [0, 0.05) is 0 Å². The van der Waals surface area contributed by atoms with Crippen molar-refractivity contribution in [1.29, 1.82) is 0 Å². The molecule has 0 aromatic heterocycles. The number of hydrogen-bond acceptors (Lipinski definition) is 3. The highest BCUT2D eigenvalue weighted by molar-refractivity contribution is 7.84. The van der Waals surface area contributed by atoms with Crippen LogP contribution in [0.1, 0.15) is 40.5 Å². The minimum atomic E-state index is -4.69. The van der Waals surface area contributed by atoms with Crippen LogP contribution in [0, 0.1) is 5.92 Å². The Balaban J connectivity index is 5.32. The molecule has 0 heterocycles. The summed E-state index contributed by atoms with van der Waals surface area (Å²) >= 11 is 0. The van der Waals surface area contributed by atoms with E-state index < -0.39 is 39.8 Å². The van der Waals surface area contributed by atoms with Gasteiger partial charge >= 0.3 is 12.1 Å². The molecule has 0 radical (unpaired) electrons. The lowest BCUT2D eigenvalue weighted by Crippen LogP contribution is -2.53. The van der Waals surface area contributed by atoms with Crippen molar-refractivity contribution in [2.45, 2.75) is 57.5 Å². The van der Waals surface area contributed by atoms with Gasteiger partial charge in [-0.05, 0) is 27.2 Å². The molecule has 1 N–H and O–H groups in total. The van der Waals surface area contributed by atoms with Gasteiger partial charge in [0.15, 0.2) is 0 Å². The van der Waals surface area contributed by atoms with Gasteiger partial charge in [-0.15, -0.1) is 0 Å². The van der Waals surface area contributed by atoms with Crippen molar-refractivity contribution in [3.8, 4) is 0 Å². The zero-order valence-electron chi connectivity index (χ0n) is 12.3. The number of nitrogens with one attached hydrogen (secondary N) is 1. The van der Waals surface area contributed by atoms with Crippen molar-refractivity contribution in [2.24, 2.45) is 5.92 Å². The zero-order valence-corrected chi connectivity index (χ0v) is 13.2. The molecule has 3 atom stereocenters. The van der Waals surface area contributed by atoms with Gasteiger partial charge in [-0.25, -0.2) is 8.93 Å². The van der Waals surface area contributed by atoms with Crippen LogP contribution in [0.25, 0.3) is 0 Å². The second kappa shape index (κ2) is 7.40. The summed E-state index contributed by atoms with van der Waals surface area (Å²) in [6.07, 6.45) is -4.30. The van der Waals surface area contributed by atoms with Crippen molar-refractivity contribution in [3.05, 3.63) is 0 Å². The van der Waals surface area contributed by atoms with E-state index in [4.69, 9.17) is 0 Å². The summed E-state index contributed by atoms with van der Waals surface area (Å²) < 4.78 is 56.9. The molecule has 0 aromatic rings. The van der Waals surface area contributed by atoms with Gasteiger partial charge in [0.25, 0.3) is 0 Å². The first kappa shape index (κ1) is 19.4. The molecule has 0 rings (SSSR count). The lowest BCUT2D eigenvalue weighted by molar-refractivity contribution is -0.177. The molecule has 0 amide bonds. The number of methoxy groups -OCH3 is 1. The molecule has 0 spiro atoms. The number of halogens is 3. The van der Waals surface area contributed by atoms with Crippen LogP contribution in [-0.2, 0) is 20.5 Å². The summed E-state index contributed by atoms with van der Waals surface area (Å²) in [6, 6.07) is -2.19. The Morgan fingerprint density at radius 2 is 1.80 bits per heavy atom. The first-order chi connectivity index (χ1) is 8.95. The van der Waals surface area contributed by atoms with E-state index >= 15 is 0 Å². The summed E-state index contributed by atoms with van der Waals surface area (Å²) in [7, 11) is -0.894. The molecule has 0 aliphatic heterocycles. The van der Waals surface area contributed by atoms with Crippen LogP contribution in [0.2, 0.25) is 0 Å². The minimum Gasteiger partial charge on any atom is -0.469 e. The zero-order chi connectivity index (χ0) is 16.1. The Morgan fingerprint density at radius 3 is 2.10 bits per heavy atom. The third-order valence-electron chi connectivity index (χ3n) is 2.65. The summed E-state index contributed by atoms with van der Waals surface area (Å²) in [5, 5.41) is 0. The Morgan fingerprint density at radius 1 is 1.30 bits per heavy atom.